The molecule has 0 saturated heterocycles. The number of rotatable bonds is 7. The molecule has 0 aromatic carbocycles. The third-order valence-electron chi connectivity index (χ3n) is 3.15. The summed E-state index contributed by atoms with van der Waals surface area (Å²) in [5.74, 6) is -0.767. The normalized spacial score (nSPS) is 12.0. The zero-order chi connectivity index (χ0) is 17.9. The van der Waals surface area contributed by atoms with Crippen LogP contribution in [0.3, 0.4) is 0 Å². The Morgan fingerprint density at radius 2 is 2.00 bits per heavy atom. The molecule has 0 fully saturated rings. The SMILES string of the molecule is Cc1cc(Nc2nc(NC(C(N)=O)C(C)C)cnc2C(N)=O)sn1. The first-order valence-electron chi connectivity index (χ1n) is 7.21. The van der Waals surface area contributed by atoms with E-state index in [2.05, 4.69) is 25.0 Å². The van der Waals surface area contributed by atoms with Crippen molar-refractivity contribution >= 4 is 40.0 Å². The van der Waals surface area contributed by atoms with E-state index in [0.29, 0.717) is 10.8 Å². The first-order valence-corrected chi connectivity index (χ1v) is 7.98. The Morgan fingerprint density at radius 3 is 2.50 bits per heavy atom. The van der Waals surface area contributed by atoms with E-state index in [1.165, 1.54) is 17.7 Å². The maximum Gasteiger partial charge on any atom is 0.271 e. The molecule has 1 atom stereocenters. The lowest BCUT2D eigenvalue weighted by atomic mass is 10.0. The molecule has 0 radical (unpaired) electrons. The third-order valence-corrected chi connectivity index (χ3v) is 3.95. The minimum Gasteiger partial charge on any atom is -0.368 e. The van der Waals surface area contributed by atoms with Gasteiger partial charge in [0.2, 0.25) is 5.91 Å². The van der Waals surface area contributed by atoms with Gasteiger partial charge in [-0.15, -0.1) is 0 Å². The molecule has 2 rings (SSSR count). The summed E-state index contributed by atoms with van der Waals surface area (Å²) >= 11 is 1.22. The van der Waals surface area contributed by atoms with Crippen LogP contribution < -0.4 is 22.1 Å². The van der Waals surface area contributed by atoms with Crippen molar-refractivity contribution in [2.75, 3.05) is 10.6 Å². The van der Waals surface area contributed by atoms with Crippen LogP contribution in [0.5, 0.6) is 0 Å². The lowest BCUT2D eigenvalue weighted by Gasteiger charge is -2.20. The van der Waals surface area contributed by atoms with Crippen LogP contribution in [-0.4, -0.2) is 32.2 Å². The van der Waals surface area contributed by atoms with Crippen LogP contribution in [-0.2, 0) is 4.79 Å². The van der Waals surface area contributed by atoms with Crippen molar-refractivity contribution in [2.45, 2.75) is 26.8 Å². The molecule has 1 unspecified atom stereocenters. The molecule has 2 aromatic rings. The number of carbonyl (C=O) groups excluding carboxylic acids is 2. The van der Waals surface area contributed by atoms with E-state index in [0.717, 1.165) is 5.69 Å². The van der Waals surface area contributed by atoms with E-state index in [9.17, 15) is 9.59 Å². The molecule has 0 saturated carbocycles. The number of carbonyl (C=O) groups is 2. The number of anilines is 3. The van der Waals surface area contributed by atoms with Gasteiger partial charge < -0.3 is 22.1 Å². The minimum atomic E-state index is -0.715. The van der Waals surface area contributed by atoms with Gasteiger partial charge in [0.25, 0.3) is 5.91 Å². The monoisotopic (exact) mass is 349 g/mol. The van der Waals surface area contributed by atoms with E-state index < -0.39 is 17.9 Å². The number of nitrogens with one attached hydrogen (secondary N) is 2. The maximum absolute atomic E-state index is 11.5. The van der Waals surface area contributed by atoms with Crippen LogP contribution in [0, 0.1) is 12.8 Å². The van der Waals surface area contributed by atoms with Gasteiger partial charge in [-0.05, 0) is 30.4 Å². The molecular formula is C14H19N7O2S. The Balaban J connectivity index is 2.33. The fourth-order valence-electron chi connectivity index (χ4n) is 1.99. The Bertz CT molecular complexity index is 759. The number of aryl methyl sites for hydroxylation is 1. The van der Waals surface area contributed by atoms with Gasteiger partial charge >= 0.3 is 0 Å². The van der Waals surface area contributed by atoms with Crippen LogP contribution in [0.1, 0.15) is 30.0 Å². The first-order chi connectivity index (χ1) is 11.3. The van der Waals surface area contributed by atoms with Gasteiger partial charge in [-0.1, -0.05) is 13.8 Å². The number of amides is 2. The molecule has 9 nitrogen and oxygen atoms in total. The maximum atomic E-state index is 11.5. The summed E-state index contributed by atoms with van der Waals surface area (Å²) < 4.78 is 4.14. The van der Waals surface area contributed by atoms with Crippen LogP contribution in [0.2, 0.25) is 0 Å². The lowest BCUT2D eigenvalue weighted by Crippen LogP contribution is -2.39. The number of hydrogen-bond donors (Lipinski definition) is 4. The summed E-state index contributed by atoms with van der Waals surface area (Å²) in [6, 6.07) is 1.19. The highest BCUT2D eigenvalue weighted by atomic mass is 32.1. The van der Waals surface area contributed by atoms with Gasteiger partial charge in [0.15, 0.2) is 11.5 Å². The summed E-state index contributed by atoms with van der Waals surface area (Å²) in [6.07, 6.45) is 1.33. The van der Waals surface area contributed by atoms with Crippen LogP contribution in [0.25, 0.3) is 0 Å². The number of nitrogens with two attached hydrogens (primary N) is 2. The standard InChI is InChI=1S/C14H19N7O2S/c1-6(2)10(12(15)22)18-8-5-17-11(13(16)23)14(19-8)20-9-4-7(3)21-24-9/h4-6,10H,1-3H3,(H2,15,22)(H2,16,23)(H2,18,19,20). The molecule has 2 aromatic heterocycles. The highest BCUT2D eigenvalue weighted by Crippen LogP contribution is 2.23. The van der Waals surface area contributed by atoms with E-state index in [4.69, 9.17) is 11.5 Å². The van der Waals surface area contributed by atoms with Crippen molar-refractivity contribution in [3.8, 4) is 0 Å². The molecule has 0 bridgehead atoms. The first kappa shape index (κ1) is 17.6. The second kappa shape index (κ2) is 7.21. The smallest absolute Gasteiger partial charge is 0.271 e. The lowest BCUT2D eigenvalue weighted by molar-refractivity contribution is -0.119. The number of nitrogens with zero attached hydrogens (tertiary/aromatic N) is 3. The zero-order valence-electron chi connectivity index (χ0n) is 13.5. The number of primary amides is 2. The van der Waals surface area contributed by atoms with Gasteiger partial charge in [0.05, 0.1) is 11.9 Å². The molecule has 2 amide bonds. The highest BCUT2D eigenvalue weighted by molar-refractivity contribution is 7.10. The Kier molecular flexibility index (Phi) is 5.29. The Labute approximate surface area is 143 Å². The van der Waals surface area contributed by atoms with Crippen LogP contribution in [0.4, 0.5) is 16.6 Å². The van der Waals surface area contributed by atoms with Crippen molar-refractivity contribution < 1.29 is 9.59 Å². The summed E-state index contributed by atoms with van der Waals surface area (Å²) in [4.78, 5) is 31.4. The van der Waals surface area contributed by atoms with Crippen LogP contribution >= 0.6 is 11.5 Å². The molecule has 24 heavy (non-hydrogen) atoms. The molecule has 0 aliphatic rings. The highest BCUT2D eigenvalue weighted by Gasteiger charge is 2.21. The summed E-state index contributed by atoms with van der Waals surface area (Å²) in [5.41, 5.74) is 11.5. The van der Waals surface area contributed by atoms with Crippen molar-refractivity contribution in [1.82, 2.24) is 14.3 Å². The van der Waals surface area contributed by atoms with E-state index in [-0.39, 0.29) is 17.4 Å². The molecular weight excluding hydrogens is 330 g/mol. The molecule has 0 spiro atoms. The van der Waals surface area contributed by atoms with E-state index >= 15 is 0 Å². The fraction of sp³-hybridized carbons (Fsp3) is 0.357. The Morgan fingerprint density at radius 1 is 1.29 bits per heavy atom. The molecule has 10 heteroatoms. The molecule has 0 aliphatic heterocycles. The van der Waals surface area contributed by atoms with Gasteiger partial charge in [0.1, 0.15) is 16.9 Å². The van der Waals surface area contributed by atoms with Crippen molar-refractivity contribution in [3.63, 3.8) is 0 Å². The molecule has 2 heterocycles. The molecule has 128 valence electrons. The largest absolute Gasteiger partial charge is 0.368 e. The Hall–Kier alpha value is -2.75. The predicted octanol–water partition coefficient (Wildman–Crippen LogP) is 1.01. The van der Waals surface area contributed by atoms with Gasteiger partial charge in [-0.2, -0.15) is 4.37 Å². The fourth-order valence-corrected chi connectivity index (χ4v) is 2.65. The number of hydrogen-bond acceptors (Lipinski definition) is 8. The van der Waals surface area contributed by atoms with Gasteiger partial charge in [-0.3, -0.25) is 9.59 Å². The van der Waals surface area contributed by atoms with Crippen molar-refractivity contribution in [1.29, 1.82) is 0 Å². The van der Waals surface area contributed by atoms with Gasteiger partial charge in [0, 0.05) is 0 Å². The predicted molar refractivity (Wildman–Crippen MR) is 92.1 cm³/mol. The van der Waals surface area contributed by atoms with Crippen LogP contribution in [0.15, 0.2) is 12.3 Å². The quantitative estimate of drug-likeness (QED) is 0.582. The average Bonchev–Trinajstić information content (AvgIpc) is 2.89. The van der Waals surface area contributed by atoms with E-state index in [1.54, 1.807) is 6.07 Å². The van der Waals surface area contributed by atoms with Gasteiger partial charge in [-0.25, -0.2) is 9.97 Å². The number of aromatic nitrogens is 3. The average molecular weight is 349 g/mol. The summed E-state index contributed by atoms with van der Waals surface area (Å²) in [6.45, 7) is 5.56. The molecule has 6 N–H and O–H groups in total. The van der Waals surface area contributed by atoms with E-state index in [1.807, 2.05) is 20.8 Å². The minimum absolute atomic E-state index is 0.00762. The summed E-state index contributed by atoms with van der Waals surface area (Å²) in [7, 11) is 0. The van der Waals surface area contributed by atoms with Crippen molar-refractivity contribution in [2.24, 2.45) is 17.4 Å². The zero-order valence-corrected chi connectivity index (χ0v) is 14.3. The van der Waals surface area contributed by atoms with Crippen molar-refractivity contribution in [3.05, 3.63) is 23.7 Å². The molecule has 0 aliphatic carbocycles. The topological polar surface area (TPSA) is 149 Å². The third kappa shape index (κ3) is 4.16. The second-order valence-electron chi connectivity index (χ2n) is 5.54. The summed E-state index contributed by atoms with van der Waals surface area (Å²) in [5, 5.41) is 6.59. The second-order valence-corrected chi connectivity index (χ2v) is 6.35.